The Labute approximate surface area is 151 Å². The van der Waals surface area contributed by atoms with E-state index >= 15 is 0 Å². The number of carbonyl (C=O) groups excluding carboxylic acids is 1. The molecule has 6 nitrogen and oxygen atoms in total. The standard InChI is InChI=1S/C17H21N3O3S2/c1-12-3-4-14(24-12)10-19(2)11-17(21)20-8-7-13-9-15(25(18,22)23)5-6-16(13)20/h3-6,9H,7-8,10-11H2,1-2H3,(H2,18,22,23). The average Bonchev–Trinajstić information content (AvgIpc) is 3.11. The summed E-state index contributed by atoms with van der Waals surface area (Å²) in [5.41, 5.74) is 1.62. The van der Waals surface area contributed by atoms with E-state index in [1.54, 1.807) is 28.4 Å². The SMILES string of the molecule is Cc1ccc(CN(C)CC(=O)N2CCc3cc(S(N)(=O)=O)ccc32)s1. The topological polar surface area (TPSA) is 83.7 Å². The van der Waals surface area contributed by atoms with E-state index in [9.17, 15) is 13.2 Å². The molecule has 1 aliphatic rings. The number of nitrogens with zero attached hydrogens (tertiary/aromatic N) is 2. The maximum Gasteiger partial charge on any atom is 0.241 e. The van der Waals surface area contributed by atoms with Crippen molar-refractivity contribution in [2.75, 3.05) is 25.0 Å². The highest BCUT2D eigenvalue weighted by Gasteiger charge is 2.26. The van der Waals surface area contributed by atoms with E-state index < -0.39 is 10.0 Å². The lowest BCUT2D eigenvalue weighted by Gasteiger charge is -2.22. The van der Waals surface area contributed by atoms with E-state index in [0.29, 0.717) is 19.5 Å². The van der Waals surface area contributed by atoms with Crippen LogP contribution in [0.2, 0.25) is 0 Å². The van der Waals surface area contributed by atoms with Gasteiger partial charge in [-0.2, -0.15) is 0 Å². The molecule has 1 aliphatic heterocycles. The predicted octanol–water partition coefficient (Wildman–Crippen LogP) is 1.73. The number of sulfonamides is 1. The Morgan fingerprint density at radius 3 is 2.72 bits per heavy atom. The second-order valence-corrected chi connectivity index (χ2v) is 9.25. The molecule has 0 fully saturated rings. The first kappa shape index (κ1) is 18.1. The van der Waals surface area contributed by atoms with Crippen LogP contribution in [0.4, 0.5) is 5.69 Å². The van der Waals surface area contributed by atoms with Gasteiger partial charge in [-0.1, -0.05) is 0 Å². The van der Waals surface area contributed by atoms with Gasteiger partial charge in [0.05, 0.1) is 11.4 Å². The van der Waals surface area contributed by atoms with E-state index in [1.165, 1.54) is 15.8 Å². The molecule has 1 aromatic heterocycles. The van der Waals surface area contributed by atoms with Gasteiger partial charge < -0.3 is 4.90 Å². The summed E-state index contributed by atoms with van der Waals surface area (Å²) >= 11 is 1.73. The molecule has 0 spiro atoms. The zero-order valence-corrected chi connectivity index (χ0v) is 15.9. The predicted molar refractivity (Wildman–Crippen MR) is 99.3 cm³/mol. The zero-order valence-electron chi connectivity index (χ0n) is 14.2. The smallest absolute Gasteiger partial charge is 0.241 e. The fourth-order valence-electron chi connectivity index (χ4n) is 3.02. The first-order valence-electron chi connectivity index (χ1n) is 7.94. The molecule has 0 saturated carbocycles. The number of primary sulfonamides is 1. The number of fused-ring (bicyclic) bond motifs is 1. The molecule has 2 N–H and O–H groups in total. The third-order valence-electron chi connectivity index (χ3n) is 4.20. The zero-order chi connectivity index (χ0) is 18.2. The Balaban J connectivity index is 1.68. The van der Waals surface area contributed by atoms with Gasteiger partial charge in [-0.05, 0) is 56.3 Å². The highest BCUT2D eigenvalue weighted by molar-refractivity contribution is 7.89. The van der Waals surface area contributed by atoms with Crippen molar-refractivity contribution in [2.45, 2.75) is 24.8 Å². The number of carbonyl (C=O) groups is 1. The van der Waals surface area contributed by atoms with Crippen molar-refractivity contribution in [2.24, 2.45) is 5.14 Å². The molecule has 1 amide bonds. The maximum absolute atomic E-state index is 12.6. The average molecular weight is 380 g/mol. The minimum absolute atomic E-state index is 0.0119. The van der Waals surface area contributed by atoms with Gasteiger partial charge in [-0.3, -0.25) is 9.69 Å². The second-order valence-electron chi connectivity index (χ2n) is 6.32. The van der Waals surface area contributed by atoms with Crippen LogP contribution in [-0.4, -0.2) is 39.4 Å². The number of likely N-dealkylation sites (N-methyl/N-ethyl adjacent to an activating group) is 1. The van der Waals surface area contributed by atoms with Crippen LogP contribution in [0.5, 0.6) is 0 Å². The van der Waals surface area contributed by atoms with Crippen LogP contribution in [0.25, 0.3) is 0 Å². The summed E-state index contributed by atoms with van der Waals surface area (Å²) in [7, 11) is -1.80. The number of anilines is 1. The van der Waals surface area contributed by atoms with E-state index in [4.69, 9.17) is 5.14 Å². The molecule has 2 heterocycles. The van der Waals surface area contributed by atoms with Gasteiger partial charge in [0.1, 0.15) is 0 Å². The third-order valence-corrected chi connectivity index (χ3v) is 6.10. The van der Waals surface area contributed by atoms with E-state index in [0.717, 1.165) is 17.8 Å². The highest BCUT2D eigenvalue weighted by atomic mass is 32.2. The molecule has 0 unspecified atom stereocenters. The third kappa shape index (κ3) is 4.09. The van der Waals surface area contributed by atoms with Gasteiger partial charge in [0.15, 0.2) is 0 Å². The number of thiophene rings is 1. The van der Waals surface area contributed by atoms with Crippen LogP contribution in [0.1, 0.15) is 15.3 Å². The quantitative estimate of drug-likeness (QED) is 0.857. The van der Waals surface area contributed by atoms with Crippen LogP contribution in [0, 0.1) is 6.92 Å². The van der Waals surface area contributed by atoms with Gasteiger partial charge in [0, 0.05) is 28.5 Å². The fourth-order valence-corrected chi connectivity index (χ4v) is 4.56. The lowest BCUT2D eigenvalue weighted by molar-refractivity contribution is -0.119. The molecule has 25 heavy (non-hydrogen) atoms. The lowest BCUT2D eigenvalue weighted by atomic mass is 10.2. The lowest BCUT2D eigenvalue weighted by Crippen LogP contribution is -2.37. The molecular formula is C17H21N3O3S2. The first-order chi connectivity index (χ1) is 11.7. The Kier molecular flexibility index (Phi) is 4.97. The molecule has 2 aromatic rings. The van der Waals surface area contributed by atoms with Crippen molar-refractivity contribution in [3.05, 3.63) is 45.6 Å². The van der Waals surface area contributed by atoms with Gasteiger partial charge in [-0.15, -0.1) is 11.3 Å². The molecule has 1 aromatic carbocycles. The Bertz CT molecular complexity index is 906. The number of benzene rings is 1. The summed E-state index contributed by atoms with van der Waals surface area (Å²) in [6.07, 6.45) is 0.637. The number of rotatable bonds is 5. The molecular weight excluding hydrogens is 358 g/mol. The number of hydrogen-bond acceptors (Lipinski definition) is 5. The Morgan fingerprint density at radius 1 is 1.32 bits per heavy atom. The highest BCUT2D eigenvalue weighted by Crippen LogP contribution is 2.30. The van der Waals surface area contributed by atoms with Gasteiger partial charge in [0.25, 0.3) is 0 Å². The summed E-state index contributed by atoms with van der Waals surface area (Å²) in [5.74, 6) is 0.0119. The molecule has 134 valence electrons. The molecule has 0 atom stereocenters. The van der Waals surface area contributed by atoms with Crippen molar-refractivity contribution in [1.82, 2.24) is 4.90 Å². The van der Waals surface area contributed by atoms with E-state index in [-0.39, 0.29) is 10.8 Å². The number of hydrogen-bond donors (Lipinski definition) is 1. The number of aryl methyl sites for hydroxylation is 1. The molecule has 3 rings (SSSR count). The summed E-state index contributed by atoms with van der Waals surface area (Å²) in [6.45, 7) is 3.67. The van der Waals surface area contributed by atoms with Gasteiger partial charge in [-0.25, -0.2) is 13.6 Å². The van der Waals surface area contributed by atoms with Crippen molar-refractivity contribution in [3.63, 3.8) is 0 Å². The van der Waals surface area contributed by atoms with Crippen LogP contribution < -0.4 is 10.0 Å². The normalized spacial score (nSPS) is 14.2. The summed E-state index contributed by atoms with van der Waals surface area (Å²) in [6, 6.07) is 8.85. The first-order valence-corrected chi connectivity index (χ1v) is 10.3. The second kappa shape index (κ2) is 6.87. The molecule has 8 heteroatoms. The number of amides is 1. The number of nitrogens with two attached hydrogens (primary N) is 1. The molecule has 0 bridgehead atoms. The van der Waals surface area contributed by atoms with Gasteiger partial charge >= 0.3 is 0 Å². The summed E-state index contributed by atoms with van der Waals surface area (Å²) in [5, 5.41) is 5.17. The minimum Gasteiger partial charge on any atom is -0.311 e. The minimum atomic E-state index is -3.72. The molecule has 0 radical (unpaired) electrons. The van der Waals surface area contributed by atoms with Crippen LogP contribution in [0.15, 0.2) is 35.2 Å². The maximum atomic E-state index is 12.6. The Hall–Kier alpha value is -1.74. The van der Waals surface area contributed by atoms with Crippen molar-refractivity contribution >= 4 is 33.0 Å². The molecule has 0 aliphatic carbocycles. The van der Waals surface area contributed by atoms with Crippen molar-refractivity contribution in [1.29, 1.82) is 0 Å². The molecule has 0 saturated heterocycles. The van der Waals surface area contributed by atoms with E-state index in [2.05, 4.69) is 19.1 Å². The van der Waals surface area contributed by atoms with Gasteiger partial charge in [0.2, 0.25) is 15.9 Å². The van der Waals surface area contributed by atoms with Crippen LogP contribution in [0.3, 0.4) is 0 Å². The van der Waals surface area contributed by atoms with Crippen LogP contribution in [-0.2, 0) is 27.8 Å². The summed E-state index contributed by atoms with van der Waals surface area (Å²) < 4.78 is 22.9. The summed E-state index contributed by atoms with van der Waals surface area (Å²) in [4.78, 5) is 18.9. The van der Waals surface area contributed by atoms with Crippen molar-refractivity contribution in [3.8, 4) is 0 Å². The van der Waals surface area contributed by atoms with Crippen LogP contribution >= 0.6 is 11.3 Å². The van der Waals surface area contributed by atoms with E-state index in [1.807, 2.05) is 11.9 Å². The fraction of sp³-hybridized carbons (Fsp3) is 0.353. The Morgan fingerprint density at radius 2 is 2.08 bits per heavy atom. The largest absolute Gasteiger partial charge is 0.311 e. The monoisotopic (exact) mass is 379 g/mol. The van der Waals surface area contributed by atoms with Crippen molar-refractivity contribution < 1.29 is 13.2 Å².